The lowest BCUT2D eigenvalue weighted by Crippen LogP contribution is -2.06. The van der Waals surface area contributed by atoms with Crippen LogP contribution in [0.15, 0.2) is 30.3 Å². The van der Waals surface area contributed by atoms with Crippen LogP contribution in [-0.2, 0) is 11.2 Å². The Labute approximate surface area is 171 Å². The minimum absolute atomic E-state index is 0.0902. The molecule has 6 nitrogen and oxygen atoms in total. The Balaban J connectivity index is 2.26. The molecule has 0 heterocycles. The number of phenolic OH excluding ortho intramolecular Hbond substituents is 1. The van der Waals surface area contributed by atoms with E-state index in [9.17, 15) is 5.11 Å². The van der Waals surface area contributed by atoms with E-state index in [0.717, 1.165) is 35.1 Å². The number of phenols is 1. The van der Waals surface area contributed by atoms with Gasteiger partial charge in [0.1, 0.15) is 0 Å². The van der Waals surface area contributed by atoms with E-state index >= 15 is 0 Å². The monoisotopic (exact) mass is 400 g/mol. The summed E-state index contributed by atoms with van der Waals surface area (Å²) in [5.74, 6) is 2.58. The molecular weight excluding hydrogens is 372 g/mol. The summed E-state index contributed by atoms with van der Waals surface area (Å²) in [5.41, 5.74) is 3.89. The zero-order chi connectivity index (χ0) is 21.0. The summed E-state index contributed by atoms with van der Waals surface area (Å²) in [6, 6.07) is 7.39. The molecule has 29 heavy (non-hydrogen) atoms. The van der Waals surface area contributed by atoms with Crippen molar-refractivity contribution in [1.82, 2.24) is 0 Å². The summed E-state index contributed by atoms with van der Waals surface area (Å²) in [5, 5.41) is 10.3. The second-order valence-electron chi connectivity index (χ2n) is 6.89. The molecule has 0 fully saturated rings. The molecule has 1 atom stereocenters. The maximum Gasteiger partial charge on any atom is 0.203 e. The first kappa shape index (κ1) is 20.9. The fraction of sp³-hybridized carbons (Fsp3) is 0.391. The van der Waals surface area contributed by atoms with E-state index < -0.39 is 0 Å². The second-order valence-corrected chi connectivity index (χ2v) is 6.89. The maximum atomic E-state index is 10.3. The van der Waals surface area contributed by atoms with Crippen LogP contribution in [0.4, 0.5) is 0 Å². The molecule has 0 aliphatic heterocycles. The van der Waals surface area contributed by atoms with Crippen LogP contribution in [0, 0.1) is 5.92 Å². The molecule has 0 bridgehead atoms. The van der Waals surface area contributed by atoms with Gasteiger partial charge >= 0.3 is 0 Å². The highest BCUT2D eigenvalue weighted by Gasteiger charge is 2.27. The van der Waals surface area contributed by atoms with Crippen molar-refractivity contribution in [1.29, 1.82) is 0 Å². The third-order valence-electron chi connectivity index (χ3n) is 5.26. The summed E-state index contributed by atoms with van der Waals surface area (Å²) in [6.45, 7) is 0.607. The van der Waals surface area contributed by atoms with Crippen molar-refractivity contribution < 1.29 is 28.8 Å². The van der Waals surface area contributed by atoms with Crippen LogP contribution < -0.4 is 18.9 Å². The van der Waals surface area contributed by atoms with Gasteiger partial charge in [-0.3, -0.25) is 0 Å². The van der Waals surface area contributed by atoms with E-state index in [1.54, 1.807) is 40.6 Å². The summed E-state index contributed by atoms with van der Waals surface area (Å²) >= 11 is 0. The largest absolute Gasteiger partial charge is 0.504 e. The lowest BCUT2D eigenvalue weighted by atomic mass is 9.92. The predicted molar refractivity (Wildman–Crippen MR) is 112 cm³/mol. The van der Waals surface area contributed by atoms with E-state index in [1.165, 1.54) is 7.11 Å². The molecular formula is C23H28O6. The van der Waals surface area contributed by atoms with Crippen molar-refractivity contribution in [3.05, 3.63) is 47.0 Å². The van der Waals surface area contributed by atoms with Gasteiger partial charge in [0.05, 0.1) is 35.0 Å². The molecule has 156 valence electrons. The fourth-order valence-electron chi connectivity index (χ4n) is 3.90. The molecule has 1 aliphatic carbocycles. The van der Waals surface area contributed by atoms with Crippen LogP contribution in [0.3, 0.4) is 0 Å². The third kappa shape index (κ3) is 3.98. The third-order valence-corrected chi connectivity index (χ3v) is 5.26. The van der Waals surface area contributed by atoms with Gasteiger partial charge in [-0.1, -0.05) is 12.1 Å². The number of ether oxygens (including phenoxy) is 5. The molecule has 0 amide bonds. The first-order valence-electron chi connectivity index (χ1n) is 9.48. The number of hydrogen-bond acceptors (Lipinski definition) is 6. The first-order valence-corrected chi connectivity index (χ1v) is 9.48. The summed E-state index contributed by atoms with van der Waals surface area (Å²) in [4.78, 5) is 0. The molecule has 0 radical (unpaired) electrons. The van der Waals surface area contributed by atoms with E-state index in [0.29, 0.717) is 29.6 Å². The van der Waals surface area contributed by atoms with Crippen molar-refractivity contribution in [3.63, 3.8) is 0 Å². The van der Waals surface area contributed by atoms with E-state index in [4.69, 9.17) is 23.7 Å². The molecule has 0 spiro atoms. The Bertz CT molecular complexity index is 903. The quantitative estimate of drug-likeness (QED) is 0.756. The highest BCUT2D eigenvalue weighted by molar-refractivity contribution is 5.86. The molecule has 0 aromatic heterocycles. The van der Waals surface area contributed by atoms with Crippen molar-refractivity contribution in [2.24, 2.45) is 5.92 Å². The van der Waals surface area contributed by atoms with E-state index in [1.807, 2.05) is 12.1 Å². The smallest absolute Gasteiger partial charge is 0.203 e. The number of hydrogen-bond donors (Lipinski definition) is 1. The molecule has 6 heteroatoms. The first-order chi connectivity index (χ1) is 14.1. The van der Waals surface area contributed by atoms with E-state index in [-0.39, 0.29) is 11.7 Å². The Morgan fingerprint density at radius 1 is 0.897 bits per heavy atom. The van der Waals surface area contributed by atoms with Gasteiger partial charge in [-0.05, 0) is 47.7 Å². The summed E-state index contributed by atoms with van der Waals surface area (Å²) in [6.07, 6.45) is 3.90. The van der Waals surface area contributed by atoms with Crippen LogP contribution in [0.5, 0.6) is 28.7 Å². The molecule has 2 aromatic carbocycles. The summed E-state index contributed by atoms with van der Waals surface area (Å²) in [7, 11) is 8.09. The normalized spacial score (nSPS) is 15.8. The Morgan fingerprint density at radius 3 is 2.21 bits per heavy atom. The zero-order valence-electron chi connectivity index (χ0n) is 17.6. The maximum absolute atomic E-state index is 10.3. The minimum atomic E-state index is 0.0902. The van der Waals surface area contributed by atoms with Crippen LogP contribution in [0.2, 0.25) is 0 Å². The van der Waals surface area contributed by atoms with Gasteiger partial charge in [0, 0.05) is 18.6 Å². The van der Waals surface area contributed by atoms with Gasteiger partial charge in [0.15, 0.2) is 23.0 Å². The summed E-state index contributed by atoms with van der Waals surface area (Å²) < 4.78 is 27.5. The molecule has 1 aliphatic rings. The lowest BCUT2D eigenvalue weighted by Gasteiger charge is -2.20. The van der Waals surface area contributed by atoms with Crippen LogP contribution >= 0.6 is 0 Å². The average Bonchev–Trinajstić information content (AvgIpc) is 2.92. The van der Waals surface area contributed by atoms with Crippen LogP contribution in [0.25, 0.3) is 5.57 Å². The number of fused-ring (bicyclic) bond motifs is 1. The van der Waals surface area contributed by atoms with Gasteiger partial charge < -0.3 is 28.8 Å². The zero-order valence-corrected chi connectivity index (χ0v) is 17.6. The Morgan fingerprint density at radius 2 is 1.62 bits per heavy atom. The molecule has 0 saturated heterocycles. The molecule has 1 unspecified atom stereocenters. The molecule has 0 saturated carbocycles. The second kappa shape index (κ2) is 9.09. The van der Waals surface area contributed by atoms with Crippen molar-refractivity contribution in [2.45, 2.75) is 12.8 Å². The molecule has 2 aromatic rings. The Kier molecular flexibility index (Phi) is 6.54. The van der Waals surface area contributed by atoms with Crippen molar-refractivity contribution >= 4 is 5.57 Å². The molecule has 1 N–H and O–H groups in total. The lowest BCUT2D eigenvalue weighted by molar-refractivity contribution is 0.167. The van der Waals surface area contributed by atoms with E-state index in [2.05, 4.69) is 6.08 Å². The van der Waals surface area contributed by atoms with Gasteiger partial charge in [0.25, 0.3) is 0 Å². The number of methoxy groups -OCH3 is 5. The van der Waals surface area contributed by atoms with Gasteiger partial charge in [-0.25, -0.2) is 0 Å². The molecule has 3 rings (SSSR count). The predicted octanol–water partition coefficient (Wildman–Crippen LogP) is 4.07. The number of rotatable bonds is 7. The van der Waals surface area contributed by atoms with Crippen LogP contribution in [-0.4, -0.2) is 47.3 Å². The highest BCUT2D eigenvalue weighted by atomic mass is 16.5. The number of benzene rings is 2. The average molecular weight is 400 g/mol. The van der Waals surface area contributed by atoms with Crippen molar-refractivity contribution in [3.8, 4) is 28.7 Å². The fourth-order valence-corrected chi connectivity index (χ4v) is 3.90. The minimum Gasteiger partial charge on any atom is -0.504 e. The highest BCUT2D eigenvalue weighted by Crippen LogP contribution is 2.47. The van der Waals surface area contributed by atoms with Crippen LogP contribution in [0.1, 0.15) is 23.1 Å². The number of aromatic hydroxyl groups is 1. The Hall–Kier alpha value is -2.86. The standard InChI is InChI=1S/C23H28O6/c1-25-13-14-6-8-16-18(12-21(27-3)23(29-5)22(16)28-4)17(10-14)15-7-9-20(26-2)19(24)11-15/h7,9-12,14,24H,6,8,13H2,1-5H3. The van der Waals surface area contributed by atoms with Gasteiger partial charge in [0.2, 0.25) is 5.75 Å². The SMILES string of the molecule is COCC1C=C(c2ccc(OC)c(O)c2)c2cc(OC)c(OC)c(OC)c2CC1. The van der Waals surface area contributed by atoms with Gasteiger partial charge in [-0.15, -0.1) is 0 Å². The van der Waals surface area contributed by atoms with Gasteiger partial charge in [-0.2, -0.15) is 0 Å². The van der Waals surface area contributed by atoms with Crippen molar-refractivity contribution in [2.75, 3.05) is 42.2 Å². The topological polar surface area (TPSA) is 66.4 Å².